The molecule has 1 heterocycles. The van der Waals surface area contributed by atoms with Gasteiger partial charge in [-0.1, -0.05) is 67.6 Å². The summed E-state index contributed by atoms with van der Waals surface area (Å²) >= 11 is 0. The molecule has 1 unspecified atom stereocenters. The highest BCUT2D eigenvalue weighted by molar-refractivity contribution is 5.87. The Morgan fingerprint density at radius 2 is 1.61 bits per heavy atom. The normalized spacial score (nSPS) is 21.3. The maximum absolute atomic E-state index is 4.46. The van der Waals surface area contributed by atoms with Gasteiger partial charge in [0.05, 0.1) is 5.69 Å². The fraction of sp³-hybridized carbons (Fsp3) is 0.136. The van der Waals surface area contributed by atoms with Gasteiger partial charge in [-0.3, -0.25) is 4.98 Å². The topological polar surface area (TPSA) is 12.9 Å². The Bertz CT molecular complexity index is 849. The second-order valence-corrected chi connectivity index (χ2v) is 6.34. The zero-order valence-electron chi connectivity index (χ0n) is 13.2. The van der Waals surface area contributed by atoms with Crippen LogP contribution in [0.1, 0.15) is 35.7 Å². The second-order valence-electron chi connectivity index (χ2n) is 6.34. The predicted molar refractivity (Wildman–Crippen MR) is 96.1 cm³/mol. The molecular formula is C22H19N. The van der Waals surface area contributed by atoms with Gasteiger partial charge in [0.15, 0.2) is 0 Å². The zero-order chi connectivity index (χ0) is 15.7. The van der Waals surface area contributed by atoms with Crippen molar-refractivity contribution >= 4 is 11.6 Å². The van der Waals surface area contributed by atoms with Crippen molar-refractivity contribution in [2.75, 3.05) is 0 Å². The molecule has 0 saturated heterocycles. The Balaban J connectivity index is 1.86. The van der Waals surface area contributed by atoms with E-state index in [4.69, 9.17) is 0 Å². The van der Waals surface area contributed by atoms with E-state index >= 15 is 0 Å². The molecule has 0 bridgehead atoms. The Hall–Kier alpha value is -2.67. The molecule has 0 spiro atoms. The van der Waals surface area contributed by atoms with E-state index in [1.54, 1.807) is 0 Å². The molecule has 4 rings (SSSR count). The molecule has 1 heteroatoms. The molecule has 23 heavy (non-hydrogen) atoms. The number of aromatic nitrogens is 1. The van der Waals surface area contributed by atoms with Gasteiger partial charge >= 0.3 is 0 Å². The summed E-state index contributed by atoms with van der Waals surface area (Å²) in [6.45, 7) is 2.35. The molecule has 3 aromatic rings. The Morgan fingerprint density at radius 3 is 2.39 bits per heavy atom. The molecule has 1 aromatic heterocycles. The fourth-order valence-corrected chi connectivity index (χ4v) is 3.65. The van der Waals surface area contributed by atoms with Crippen molar-refractivity contribution < 1.29 is 0 Å². The summed E-state index contributed by atoms with van der Waals surface area (Å²) in [6.07, 6.45) is 5.09. The van der Waals surface area contributed by atoms with Crippen LogP contribution in [-0.2, 0) is 5.41 Å². The molecule has 112 valence electrons. The van der Waals surface area contributed by atoms with E-state index < -0.39 is 0 Å². The van der Waals surface area contributed by atoms with Crippen LogP contribution >= 0.6 is 0 Å². The van der Waals surface area contributed by atoms with Crippen molar-refractivity contribution in [2.24, 2.45) is 0 Å². The van der Waals surface area contributed by atoms with Gasteiger partial charge in [0.1, 0.15) is 0 Å². The first-order valence-corrected chi connectivity index (χ1v) is 8.04. The van der Waals surface area contributed by atoms with Gasteiger partial charge in [-0.05, 0) is 46.9 Å². The fourth-order valence-electron chi connectivity index (χ4n) is 3.65. The molecule has 0 aliphatic heterocycles. The molecule has 0 saturated carbocycles. The summed E-state index contributed by atoms with van der Waals surface area (Å²) in [6, 6.07) is 25.6. The van der Waals surface area contributed by atoms with Crippen molar-refractivity contribution in [2.45, 2.75) is 18.8 Å². The number of benzene rings is 2. The lowest BCUT2D eigenvalue weighted by Crippen LogP contribution is -2.19. The van der Waals surface area contributed by atoms with E-state index in [0.29, 0.717) is 0 Å². The van der Waals surface area contributed by atoms with E-state index in [0.717, 1.165) is 12.1 Å². The molecule has 1 atom stereocenters. The summed E-state index contributed by atoms with van der Waals surface area (Å²) in [5.74, 6) is 0. The van der Waals surface area contributed by atoms with E-state index in [-0.39, 0.29) is 5.41 Å². The van der Waals surface area contributed by atoms with Crippen LogP contribution in [0.15, 0.2) is 79.0 Å². The molecule has 0 N–H and O–H groups in total. The van der Waals surface area contributed by atoms with Crippen molar-refractivity contribution in [3.05, 3.63) is 101 Å². The van der Waals surface area contributed by atoms with Gasteiger partial charge in [0.25, 0.3) is 0 Å². The molecule has 1 nitrogen and oxygen atoms in total. The summed E-state index contributed by atoms with van der Waals surface area (Å²) in [7, 11) is 0. The first kappa shape index (κ1) is 14.0. The van der Waals surface area contributed by atoms with Crippen LogP contribution in [-0.4, -0.2) is 4.98 Å². The maximum atomic E-state index is 4.46. The lowest BCUT2D eigenvalue weighted by atomic mass is 9.77. The van der Waals surface area contributed by atoms with Crippen molar-refractivity contribution in [1.82, 2.24) is 4.98 Å². The Labute approximate surface area is 137 Å². The summed E-state index contributed by atoms with van der Waals surface area (Å²) in [5, 5.41) is 0. The van der Waals surface area contributed by atoms with Gasteiger partial charge < -0.3 is 0 Å². The third-order valence-corrected chi connectivity index (χ3v) is 4.83. The van der Waals surface area contributed by atoms with E-state index in [9.17, 15) is 0 Å². The van der Waals surface area contributed by atoms with E-state index in [1.165, 1.54) is 22.3 Å². The van der Waals surface area contributed by atoms with E-state index in [2.05, 4.69) is 78.6 Å². The molecule has 0 fully saturated rings. The number of hydrogen-bond donors (Lipinski definition) is 0. The Kier molecular flexibility index (Phi) is 3.34. The van der Waals surface area contributed by atoms with Crippen LogP contribution in [0.4, 0.5) is 0 Å². The van der Waals surface area contributed by atoms with Crippen molar-refractivity contribution in [3.63, 3.8) is 0 Å². The van der Waals surface area contributed by atoms with Gasteiger partial charge in [0.2, 0.25) is 0 Å². The highest BCUT2D eigenvalue weighted by atomic mass is 14.7. The third kappa shape index (κ3) is 2.39. The molecule has 0 radical (unpaired) electrons. The number of allylic oxidation sites excluding steroid dienone is 1. The number of rotatable bonds is 2. The standard InChI is InChI=1S/C22H19N/c1-22(18-9-3-2-4-10-18)16-17(15-19-11-7-8-14-23-19)20-12-5-6-13-21(20)22/h2-15H,16H2,1H3/b17-15-. The number of pyridine rings is 1. The van der Waals surface area contributed by atoms with Crippen LogP contribution in [0.25, 0.3) is 11.6 Å². The minimum absolute atomic E-state index is 0.0263. The molecule has 1 aliphatic carbocycles. The predicted octanol–water partition coefficient (Wildman–Crippen LogP) is 5.33. The average molecular weight is 297 g/mol. The van der Waals surface area contributed by atoms with Gasteiger partial charge in [-0.2, -0.15) is 0 Å². The monoisotopic (exact) mass is 297 g/mol. The maximum Gasteiger partial charge on any atom is 0.0632 e. The van der Waals surface area contributed by atoms with Gasteiger partial charge in [0, 0.05) is 11.6 Å². The number of fused-ring (bicyclic) bond motifs is 1. The van der Waals surface area contributed by atoms with Crippen LogP contribution in [0, 0.1) is 0 Å². The summed E-state index contributed by atoms with van der Waals surface area (Å²) in [5.41, 5.74) is 6.55. The average Bonchev–Trinajstić information content (AvgIpc) is 2.91. The summed E-state index contributed by atoms with van der Waals surface area (Å²) < 4.78 is 0. The van der Waals surface area contributed by atoms with Gasteiger partial charge in [-0.25, -0.2) is 0 Å². The minimum atomic E-state index is 0.0263. The van der Waals surface area contributed by atoms with Crippen LogP contribution in [0.2, 0.25) is 0 Å². The van der Waals surface area contributed by atoms with E-state index in [1.807, 2.05) is 18.3 Å². The first-order chi connectivity index (χ1) is 11.3. The quantitative estimate of drug-likeness (QED) is 0.623. The first-order valence-electron chi connectivity index (χ1n) is 8.04. The summed E-state index contributed by atoms with van der Waals surface area (Å²) in [4.78, 5) is 4.46. The highest BCUT2D eigenvalue weighted by Crippen LogP contribution is 2.49. The van der Waals surface area contributed by atoms with Crippen molar-refractivity contribution in [3.8, 4) is 0 Å². The third-order valence-electron chi connectivity index (χ3n) is 4.83. The smallest absolute Gasteiger partial charge is 0.0632 e. The largest absolute Gasteiger partial charge is 0.257 e. The number of nitrogens with zero attached hydrogens (tertiary/aromatic N) is 1. The van der Waals surface area contributed by atoms with Crippen LogP contribution in [0.5, 0.6) is 0 Å². The second kappa shape index (κ2) is 5.51. The number of hydrogen-bond acceptors (Lipinski definition) is 1. The van der Waals surface area contributed by atoms with Gasteiger partial charge in [-0.15, -0.1) is 0 Å². The van der Waals surface area contributed by atoms with Crippen LogP contribution < -0.4 is 0 Å². The molecule has 2 aromatic carbocycles. The molecule has 1 aliphatic rings. The lowest BCUT2D eigenvalue weighted by molar-refractivity contribution is 0.612. The lowest BCUT2D eigenvalue weighted by Gasteiger charge is -2.26. The Morgan fingerprint density at radius 1 is 0.870 bits per heavy atom. The van der Waals surface area contributed by atoms with Crippen molar-refractivity contribution in [1.29, 1.82) is 0 Å². The molecular weight excluding hydrogens is 278 g/mol. The van der Waals surface area contributed by atoms with Crippen LogP contribution in [0.3, 0.4) is 0 Å². The highest BCUT2D eigenvalue weighted by Gasteiger charge is 2.38. The zero-order valence-corrected chi connectivity index (χ0v) is 13.2. The minimum Gasteiger partial charge on any atom is -0.257 e. The molecule has 0 amide bonds. The SMILES string of the molecule is CC1(c2ccccc2)C/C(=C/c2ccccn2)c2ccccc21.